The first-order valence-electron chi connectivity index (χ1n) is 9.62. The number of nitrogens with zero attached hydrogens (tertiary/aromatic N) is 4. The molecule has 0 atom stereocenters. The van der Waals surface area contributed by atoms with Gasteiger partial charge >= 0.3 is 0 Å². The number of anilines is 1. The number of hydrogen-bond donors (Lipinski definition) is 0. The maximum Gasteiger partial charge on any atom is 0.270 e. The van der Waals surface area contributed by atoms with Crippen molar-refractivity contribution in [3.63, 3.8) is 0 Å². The van der Waals surface area contributed by atoms with Crippen LogP contribution in [-0.4, -0.2) is 50.8 Å². The van der Waals surface area contributed by atoms with Crippen LogP contribution in [0.25, 0.3) is 6.08 Å². The van der Waals surface area contributed by atoms with Gasteiger partial charge in [-0.2, -0.15) is 17.0 Å². The highest BCUT2D eigenvalue weighted by Crippen LogP contribution is 2.36. The van der Waals surface area contributed by atoms with Gasteiger partial charge in [0.15, 0.2) is 0 Å². The molecular weight excluding hydrogens is 424 g/mol. The van der Waals surface area contributed by atoms with Crippen molar-refractivity contribution < 1.29 is 4.79 Å². The fourth-order valence-corrected chi connectivity index (χ4v) is 5.70. The second-order valence-corrected chi connectivity index (χ2v) is 9.90. The third-order valence-electron chi connectivity index (χ3n) is 5.16. The number of pyridine rings is 1. The maximum absolute atomic E-state index is 12.9. The van der Waals surface area contributed by atoms with Crippen LogP contribution >= 0.6 is 35.7 Å². The number of rotatable bonds is 5. The van der Waals surface area contributed by atoms with E-state index in [4.69, 9.17) is 12.2 Å². The predicted molar refractivity (Wildman–Crippen MR) is 125 cm³/mol. The highest BCUT2D eigenvalue weighted by Gasteiger charge is 2.32. The molecule has 0 bridgehead atoms. The molecule has 1 aromatic rings. The van der Waals surface area contributed by atoms with Crippen LogP contribution in [0.2, 0.25) is 0 Å². The molecule has 3 heterocycles. The Balaban J connectivity index is 2.13. The number of thiocarbonyl (C=S) groups is 1. The van der Waals surface area contributed by atoms with E-state index in [0.29, 0.717) is 21.3 Å². The van der Waals surface area contributed by atoms with Crippen LogP contribution in [-0.2, 0) is 11.8 Å². The van der Waals surface area contributed by atoms with E-state index < -0.39 is 0 Å². The van der Waals surface area contributed by atoms with E-state index in [9.17, 15) is 14.9 Å². The second kappa shape index (κ2) is 9.37. The first-order valence-corrected chi connectivity index (χ1v) is 12.0. The summed E-state index contributed by atoms with van der Waals surface area (Å²) in [6.45, 7) is 6.12. The summed E-state index contributed by atoms with van der Waals surface area (Å²) >= 11 is 8.59. The quantitative estimate of drug-likeness (QED) is 0.506. The van der Waals surface area contributed by atoms with Gasteiger partial charge in [0.25, 0.3) is 11.5 Å². The maximum atomic E-state index is 12.9. The summed E-state index contributed by atoms with van der Waals surface area (Å²) in [5, 5.41) is 9.54. The van der Waals surface area contributed by atoms with Gasteiger partial charge in [0.1, 0.15) is 21.8 Å². The van der Waals surface area contributed by atoms with Crippen molar-refractivity contribution in [2.24, 2.45) is 7.05 Å². The lowest BCUT2D eigenvalue weighted by atomic mass is 10.0. The Kier molecular flexibility index (Phi) is 7.09. The molecule has 1 amide bonds. The van der Waals surface area contributed by atoms with Crippen molar-refractivity contribution in [1.82, 2.24) is 9.47 Å². The van der Waals surface area contributed by atoms with E-state index in [1.54, 1.807) is 23.4 Å². The molecule has 2 aliphatic rings. The van der Waals surface area contributed by atoms with Crippen molar-refractivity contribution in [1.29, 1.82) is 5.26 Å². The highest BCUT2D eigenvalue weighted by atomic mass is 32.2. The molecule has 0 radical (unpaired) electrons. The Bertz CT molecular complexity index is 971. The average molecular weight is 449 g/mol. The van der Waals surface area contributed by atoms with Gasteiger partial charge < -0.3 is 4.90 Å². The average Bonchev–Trinajstić information content (AvgIpc) is 2.98. The van der Waals surface area contributed by atoms with E-state index in [0.717, 1.165) is 48.8 Å². The molecule has 0 unspecified atom stereocenters. The topological polar surface area (TPSA) is 69.3 Å². The molecule has 2 fully saturated rings. The monoisotopic (exact) mass is 448 g/mol. The van der Waals surface area contributed by atoms with Gasteiger partial charge in [0, 0.05) is 43.8 Å². The number of aromatic nitrogens is 1. The molecule has 0 saturated carbocycles. The largest absolute Gasteiger partial charge is 0.356 e. The second-order valence-electron chi connectivity index (χ2n) is 7.00. The van der Waals surface area contributed by atoms with Gasteiger partial charge in [-0.3, -0.25) is 19.1 Å². The van der Waals surface area contributed by atoms with E-state index in [1.807, 2.05) is 23.9 Å². The van der Waals surface area contributed by atoms with Crippen LogP contribution < -0.4 is 10.5 Å². The summed E-state index contributed by atoms with van der Waals surface area (Å²) in [5.41, 5.74) is 1.19. The smallest absolute Gasteiger partial charge is 0.270 e. The van der Waals surface area contributed by atoms with Gasteiger partial charge in [-0.25, -0.2) is 0 Å². The Hall–Kier alpha value is -1.76. The molecule has 2 saturated heterocycles. The van der Waals surface area contributed by atoms with Crippen molar-refractivity contribution in [2.45, 2.75) is 26.7 Å². The first kappa shape index (κ1) is 21.9. The summed E-state index contributed by atoms with van der Waals surface area (Å²) in [6.07, 6.45) is 3.70. The van der Waals surface area contributed by atoms with Crippen LogP contribution in [0.5, 0.6) is 0 Å². The molecule has 9 heteroatoms. The molecular formula is C20H24N4O2S3. The number of thioether (sulfide) groups is 2. The molecule has 154 valence electrons. The van der Waals surface area contributed by atoms with Crippen LogP contribution in [0.4, 0.5) is 5.82 Å². The summed E-state index contributed by atoms with van der Waals surface area (Å²) < 4.78 is 2.11. The lowest BCUT2D eigenvalue weighted by molar-refractivity contribution is -0.122. The SMILES string of the molecule is CCCCN1C(=O)/C(=C/c2c(C)c(C#N)c(=O)n(C)c2N2CCSCC2)SC1=S. The summed E-state index contributed by atoms with van der Waals surface area (Å²) in [4.78, 5) is 30.0. The molecule has 3 rings (SSSR count). The van der Waals surface area contributed by atoms with Gasteiger partial charge in [-0.15, -0.1) is 0 Å². The zero-order valence-electron chi connectivity index (χ0n) is 16.9. The predicted octanol–water partition coefficient (Wildman–Crippen LogP) is 3.12. The van der Waals surface area contributed by atoms with Crippen LogP contribution in [0.1, 0.15) is 36.5 Å². The molecule has 0 spiro atoms. The minimum Gasteiger partial charge on any atom is -0.356 e. The molecule has 2 aliphatic heterocycles. The van der Waals surface area contributed by atoms with Crippen molar-refractivity contribution in [3.8, 4) is 6.07 Å². The van der Waals surface area contributed by atoms with Crippen molar-refractivity contribution >= 4 is 57.9 Å². The standard InChI is InChI=1S/C20H24N4O2S3/c1-4-5-6-24-19(26)16(29-20(24)27)11-14-13(2)15(12-21)18(25)22(3)17(14)23-7-9-28-10-8-23/h11H,4-10H2,1-3H3/b16-11-. The molecule has 29 heavy (non-hydrogen) atoms. The fourth-order valence-electron chi connectivity index (χ4n) is 3.51. The number of hydrogen-bond acceptors (Lipinski definition) is 7. The summed E-state index contributed by atoms with van der Waals surface area (Å²) in [7, 11) is 1.70. The third kappa shape index (κ3) is 4.25. The van der Waals surface area contributed by atoms with Gasteiger partial charge in [-0.05, 0) is 25.0 Å². The summed E-state index contributed by atoms with van der Waals surface area (Å²) in [5.74, 6) is 2.63. The number of nitriles is 1. The molecule has 0 N–H and O–H groups in total. The van der Waals surface area contributed by atoms with Crippen molar-refractivity contribution in [3.05, 3.63) is 31.9 Å². The normalized spacial score (nSPS) is 18.6. The van der Waals surface area contributed by atoms with E-state index >= 15 is 0 Å². The third-order valence-corrected chi connectivity index (χ3v) is 7.48. The fraction of sp³-hybridized carbons (Fsp3) is 0.500. The number of carbonyl (C=O) groups is 1. The zero-order chi connectivity index (χ0) is 21.1. The van der Waals surface area contributed by atoms with Gasteiger partial charge in [0.05, 0.1) is 4.91 Å². The van der Waals surface area contributed by atoms with E-state index in [2.05, 4.69) is 11.8 Å². The molecule has 0 aromatic carbocycles. The molecule has 0 aliphatic carbocycles. The van der Waals surface area contributed by atoms with Crippen LogP contribution in [0.3, 0.4) is 0 Å². The zero-order valence-corrected chi connectivity index (χ0v) is 19.3. The lowest BCUT2D eigenvalue weighted by Crippen LogP contribution is -2.38. The Morgan fingerprint density at radius 1 is 1.28 bits per heavy atom. The lowest BCUT2D eigenvalue weighted by Gasteiger charge is -2.32. The van der Waals surface area contributed by atoms with E-state index in [-0.39, 0.29) is 17.0 Å². The van der Waals surface area contributed by atoms with E-state index in [1.165, 1.54) is 11.8 Å². The van der Waals surface area contributed by atoms with Crippen LogP contribution in [0.15, 0.2) is 9.70 Å². The Morgan fingerprint density at radius 2 is 1.97 bits per heavy atom. The van der Waals surface area contributed by atoms with Gasteiger partial charge in [-0.1, -0.05) is 37.3 Å². The number of amides is 1. The molecule has 1 aromatic heterocycles. The molecule has 6 nitrogen and oxygen atoms in total. The number of carbonyl (C=O) groups excluding carboxylic acids is 1. The minimum absolute atomic E-state index is 0.0969. The van der Waals surface area contributed by atoms with Gasteiger partial charge in [0.2, 0.25) is 0 Å². The number of unbranched alkanes of at least 4 members (excludes halogenated alkanes) is 1. The first-order chi connectivity index (χ1) is 13.9. The van der Waals surface area contributed by atoms with Crippen LogP contribution in [0, 0.1) is 18.3 Å². The Morgan fingerprint density at radius 3 is 2.59 bits per heavy atom. The Labute approximate surface area is 184 Å². The summed E-state index contributed by atoms with van der Waals surface area (Å²) in [6, 6.07) is 2.04. The minimum atomic E-state index is -0.300. The van der Waals surface area contributed by atoms with Crippen molar-refractivity contribution in [2.75, 3.05) is 36.0 Å². The highest BCUT2D eigenvalue weighted by molar-refractivity contribution is 8.26.